The quantitative estimate of drug-likeness (QED) is 0.763. The monoisotopic (exact) mass is 426 g/mol. The van der Waals surface area contributed by atoms with Gasteiger partial charge in [0, 0.05) is 19.0 Å². The van der Waals surface area contributed by atoms with Gasteiger partial charge in [0.15, 0.2) is 5.15 Å². The molecular weight excluding hydrogens is 408 g/mol. The van der Waals surface area contributed by atoms with E-state index in [1.807, 2.05) is 0 Å². The molecule has 0 saturated carbocycles. The van der Waals surface area contributed by atoms with Gasteiger partial charge in [-0.3, -0.25) is 4.40 Å². The molecule has 2 heterocycles. The van der Waals surface area contributed by atoms with Gasteiger partial charge in [-0.25, -0.2) is 14.8 Å². The Labute approximate surface area is 159 Å². The maximum atomic E-state index is 11.1. The third-order valence-corrected chi connectivity index (χ3v) is 5.50. The average Bonchev–Trinajstić information content (AvgIpc) is 2.93. The Balaban J connectivity index is 2.05. The van der Waals surface area contributed by atoms with Gasteiger partial charge in [0.1, 0.15) is 15.9 Å². The molecule has 0 bridgehead atoms. The topological polar surface area (TPSA) is 70.7 Å². The van der Waals surface area contributed by atoms with E-state index in [9.17, 15) is 4.79 Å². The Morgan fingerprint density at radius 2 is 2.24 bits per heavy atom. The third-order valence-electron chi connectivity index (χ3n) is 4.68. The number of carbonyl (C=O) groups is 1. The smallest absolute Gasteiger partial charge is 0.407 e. The molecule has 0 fully saturated rings. The Hall–Kier alpha value is -1.60. The Morgan fingerprint density at radius 1 is 1.52 bits per heavy atom. The van der Waals surface area contributed by atoms with Crippen LogP contribution in [-0.2, 0) is 0 Å². The van der Waals surface area contributed by atoms with Crippen molar-refractivity contribution in [1.29, 1.82) is 0 Å². The van der Waals surface area contributed by atoms with Gasteiger partial charge >= 0.3 is 6.09 Å². The van der Waals surface area contributed by atoms with Crippen molar-refractivity contribution < 1.29 is 9.90 Å². The molecule has 1 aliphatic carbocycles. The molecule has 6 nitrogen and oxygen atoms in total. The van der Waals surface area contributed by atoms with Crippen LogP contribution in [0.3, 0.4) is 0 Å². The summed E-state index contributed by atoms with van der Waals surface area (Å²) in [5, 5.41) is 9.56. The second-order valence-corrected chi connectivity index (χ2v) is 7.69. The number of amides is 1. The first kappa shape index (κ1) is 18.2. The molecule has 2 aromatic heterocycles. The number of carboxylic acid groups (broad SMARTS) is 1. The second kappa shape index (κ2) is 6.96. The van der Waals surface area contributed by atoms with E-state index in [2.05, 4.69) is 50.2 Å². The van der Waals surface area contributed by atoms with Crippen LogP contribution in [0.15, 0.2) is 16.9 Å². The van der Waals surface area contributed by atoms with Crippen LogP contribution in [0.4, 0.5) is 4.79 Å². The van der Waals surface area contributed by atoms with E-state index in [1.165, 1.54) is 4.90 Å². The van der Waals surface area contributed by atoms with E-state index in [4.69, 9.17) is 16.7 Å². The van der Waals surface area contributed by atoms with Crippen LogP contribution >= 0.6 is 27.5 Å². The summed E-state index contributed by atoms with van der Waals surface area (Å²) in [5.74, 6) is 1.15. The Kier molecular flexibility index (Phi) is 5.06. The van der Waals surface area contributed by atoms with Gasteiger partial charge in [0.2, 0.25) is 0 Å². The van der Waals surface area contributed by atoms with Gasteiger partial charge in [-0.2, -0.15) is 0 Å². The third kappa shape index (κ3) is 3.27. The zero-order chi connectivity index (χ0) is 18.3. The fraction of sp³-hybridized carbons (Fsp3) is 0.471. The standard InChI is InChI=1S/C17H20BrClN4O2/c1-9(2)16-21-14(18)13-15(19)20-8-12(23(13)16)10-4-6-11(7-5-10)22(3)17(24)25/h4,8-9,11H,5-7H2,1-3H3,(H,24,25). The summed E-state index contributed by atoms with van der Waals surface area (Å²) in [5.41, 5.74) is 2.89. The molecule has 1 atom stereocenters. The Morgan fingerprint density at radius 3 is 2.80 bits per heavy atom. The highest BCUT2D eigenvalue weighted by molar-refractivity contribution is 9.10. The predicted octanol–water partition coefficient (Wildman–Crippen LogP) is 4.81. The number of hydrogen-bond donors (Lipinski definition) is 1. The molecule has 0 aliphatic heterocycles. The molecule has 3 rings (SSSR count). The van der Waals surface area contributed by atoms with Crippen LogP contribution in [0.25, 0.3) is 11.1 Å². The van der Waals surface area contributed by atoms with E-state index in [0.717, 1.165) is 35.4 Å². The number of halogens is 2. The summed E-state index contributed by atoms with van der Waals surface area (Å²) in [6, 6.07) is 0.0103. The lowest BCUT2D eigenvalue weighted by molar-refractivity contribution is 0.135. The second-order valence-electron chi connectivity index (χ2n) is 6.58. The minimum Gasteiger partial charge on any atom is -0.465 e. The molecule has 0 aromatic carbocycles. The summed E-state index contributed by atoms with van der Waals surface area (Å²) in [6.07, 6.45) is 5.26. The van der Waals surface area contributed by atoms with Crippen LogP contribution < -0.4 is 0 Å². The SMILES string of the molecule is CC(C)c1nc(Br)c2c(Cl)ncc(C3=CCC(N(C)C(=O)O)CC3)n12. The Bertz CT molecular complexity index is 862. The van der Waals surface area contributed by atoms with Crippen LogP contribution in [0.1, 0.15) is 50.5 Å². The minimum atomic E-state index is -0.891. The van der Waals surface area contributed by atoms with Crippen molar-refractivity contribution in [2.75, 3.05) is 7.05 Å². The first-order chi connectivity index (χ1) is 11.8. The fourth-order valence-corrected chi connectivity index (χ4v) is 4.13. The lowest BCUT2D eigenvalue weighted by Crippen LogP contribution is -2.36. The molecule has 2 aromatic rings. The first-order valence-corrected chi connectivity index (χ1v) is 9.35. The fourth-order valence-electron chi connectivity index (χ4n) is 3.24. The number of aromatic nitrogens is 3. The van der Waals surface area contributed by atoms with Gasteiger partial charge in [0.25, 0.3) is 0 Å². The molecule has 1 unspecified atom stereocenters. The van der Waals surface area contributed by atoms with E-state index in [0.29, 0.717) is 16.2 Å². The minimum absolute atomic E-state index is 0.0103. The lowest BCUT2D eigenvalue weighted by Gasteiger charge is -2.29. The largest absolute Gasteiger partial charge is 0.465 e. The van der Waals surface area contributed by atoms with Crippen LogP contribution in [0, 0.1) is 0 Å². The number of fused-ring (bicyclic) bond motifs is 1. The highest BCUT2D eigenvalue weighted by Crippen LogP contribution is 2.34. The van der Waals surface area contributed by atoms with Crippen molar-refractivity contribution in [3.8, 4) is 0 Å². The van der Waals surface area contributed by atoms with Gasteiger partial charge in [-0.05, 0) is 40.8 Å². The summed E-state index contributed by atoms with van der Waals surface area (Å²) in [6.45, 7) is 4.18. The molecule has 0 saturated heterocycles. The first-order valence-electron chi connectivity index (χ1n) is 8.18. The van der Waals surface area contributed by atoms with E-state index < -0.39 is 6.09 Å². The summed E-state index contributed by atoms with van der Waals surface area (Å²) in [4.78, 5) is 21.5. The molecule has 0 spiro atoms. The van der Waals surface area contributed by atoms with Crippen LogP contribution in [0.5, 0.6) is 0 Å². The maximum Gasteiger partial charge on any atom is 0.407 e. The number of hydrogen-bond acceptors (Lipinski definition) is 3. The molecule has 8 heteroatoms. The molecular formula is C17H20BrClN4O2. The van der Waals surface area contributed by atoms with Crippen molar-refractivity contribution >= 4 is 44.7 Å². The van der Waals surface area contributed by atoms with Gasteiger partial charge in [0.05, 0.1) is 11.9 Å². The molecule has 1 aliphatic rings. The molecule has 0 radical (unpaired) electrons. The number of nitrogens with zero attached hydrogens (tertiary/aromatic N) is 4. The summed E-state index contributed by atoms with van der Waals surface area (Å²) >= 11 is 9.79. The molecule has 134 valence electrons. The zero-order valence-corrected chi connectivity index (χ0v) is 16.7. The van der Waals surface area contributed by atoms with Gasteiger partial charge < -0.3 is 10.0 Å². The van der Waals surface area contributed by atoms with Gasteiger partial charge in [-0.1, -0.05) is 31.5 Å². The number of allylic oxidation sites excluding steroid dienone is 1. The zero-order valence-electron chi connectivity index (χ0n) is 14.3. The van der Waals surface area contributed by atoms with Crippen molar-refractivity contribution in [3.05, 3.63) is 33.5 Å². The van der Waals surface area contributed by atoms with Crippen molar-refractivity contribution in [3.63, 3.8) is 0 Å². The normalized spacial score (nSPS) is 17.8. The molecule has 1 amide bonds. The van der Waals surface area contributed by atoms with Crippen molar-refractivity contribution in [1.82, 2.24) is 19.3 Å². The van der Waals surface area contributed by atoms with Gasteiger partial charge in [-0.15, -0.1) is 0 Å². The van der Waals surface area contributed by atoms with E-state index in [-0.39, 0.29) is 12.0 Å². The number of imidazole rings is 1. The molecule has 1 N–H and O–H groups in total. The average molecular weight is 428 g/mol. The van der Waals surface area contributed by atoms with Crippen molar-refractivity contribution in [2.24, 2.45) is 0 Å². The lowest BCUT2D eigenvalue weighted by atomic mass is 9.92. The highest BCUT2D eigenvalue weighted by Gasteiger charge is 2.25. The molecule has 25 heavy (non-hydrogen) atoms. The summed E-state index contributed by atoms with van der Waals surface area (Å²) < 4.78 is 2.76. The maximum absolute atomic E-state index is 11.1. The van der Waals surface area contributed by atoms with E-state index in [1.54, 1.807) is 13.2 Å². The van der Waals surface area contributed by atoms with Crippen molar-refractivity contribution in [2.45, 2.75) is 45.1 Å². The highest BCUT2D eigenvalue weighted by atomic mass is 79.9. The summed E-state index contributed by atoms with van der Waals surface area (Å²) in [7, 11) is 1.62. The predicted molar refractivity (Wildman–Crippen MR) is 101 cm³/mol. The van der Waals surface area contributed by atoms with Crippen LogP contribution in [0.2, 0.25) is 5.15 Å². The van der Waals surface area contributed by atoms with E-state index >= 15 is 0 Å². The number of rotatable bonds is 3. The van der Waals surface area contributed by atoms with Crippen LogP contribution in [-0.4, -0.2) is 43.6 Å².